The first kappa shape index (κ1) is 17.5. The van der Waals surface area contributed by atoms with Crippen LogP contribution in [0.4, 0.5) is 5.69 Å². The number of benzene rings is 1. The number of hydrogen-bond donors (Lipinski definition) is 0. The van der Waals surface area contributed by atoms with Gasteiger partial charge in [0.1, 0.15) is 5.92 Å². The molecule has 3 heterocycles. The number of carbonyl (C=O) groups is 2. The molecule has 3 aliphatic heterocycles. The van der Waals surface area contributed by atoms with Gasteiger partial charge in [-0.1, -0.05) is 24.6 Å². The average molecular weight is 355 g/mol. The molecule has 26 heavy (non-hydrogen) atoms. The molecular formula is C21H29N3O2. The minimum Gasteiger partial charge on any atom is -0.342 e. The van der Waals surface area contributed by atoms with Crippen LogP contribution in [0, 0.1) is 5.92 Å². The van der Waals surface area contributed by atoms with Gasteiger partial charge >= 0.3 is 0 Å². The van der Waals surface area contributed by atoms with Crippen LogP contribution in [0.3, 0.4) is 0 Å². The van der Waals surface area contributed by atoms with E-state index in [-0.39, 0.29) is 11.8 Å². The van der Waals surface area contributed by atoms with Gasteiger partial charge in [-0.3, -0.25) is 9.59 Å². The second-order valence-corrected chi connectivity index (χ2v) is 7.82. The molecule has 1 aromatic rings. The summed E-state index contributed by atoms with van der Waals surface area (Å²) in [6, 6.07) is 10.3. The van der Waals surface area contributed by atoms with E-state index in [1.807, 2.05) is 35.2 Å². The molecule has 2 amide bonds. The average Bonchev–Trinajstić information content (AvgIpc) is 3.10. The molecule has 0 saturated carbocycles. The minimum atomic E-state index is -0.484. The molecule has 1 aromatic carbocycles. The van der Waals surface area contributed by atoms with Crippen LogP contribution in [0.1, 0.15) is 38.5 Å². The van der Waals surface area contributed by atoms with Crippen molar-refractivity contribution in [2.75, 3.05) is 37.6 Å². The van der Waals surface area contributed by atoms with Crippen molar-refractivity contribution in [3.63, 3.8) is 0 Å². The van der Waals surface area contributed by atoms with Crippen molar-refractivity contribution in [1.82, 2.24) is 9.80 Å². The molecule has 4 rings (SSSR count). The van der Waals surface area contributed by atoms with Crippen molar-refractivity contribution in [2.24, 2.45) is 5.92 Å². The SMILES string of the molecule is O=C(C1CCN(c2ccccc2)C1=O)N1CCC(N2CCCCC2)CC1. The summed E-state index contributed by atoms with van der Waals surface area (Å²) in [5.41, 5.74) is 0.900. The molecule has 0 bridgehead atoms. The number of amides is 2. The lowest BCUT2D eigenvalue weighted by molar-refractivity contribution is -0.141. The zero-order valence-corrected chi connectivity index (χ0v) is 15.5. The third kappa shape index (κ3) is 3.50. The molecule has 0 N–H and O–H groups in total. The van der Waals surface area contributed by atoms with Crippen molar-refractivity contribution < 1.29 is 9.59 Å². The van der Waals surface area contributed by atoms with Crippen LogP contribution in [0.15, 0.2) is 30.3 Å². The summed E-state index contributed by atoms with van der Waals surface area (Å²) in [7, 11) is 0. The molecule has 0 radical (unpaired) electrons. The number of nitrogens with zero attached hydrogens (tertiary/aromatic N) is 3. The lowest BCUT2D eigenvalue weighted by Gasteiger charge is -2.40. The van der Waals surface area contributed by atoms with E-state index in [1.165, 1.54) is 32.4 Å². The topological polar surface area (TPSA) is 43.9 Å². The number of anilines is 1. The Bertz CT molecular complexity index is 634. The van der Waals surface area contributed by atoms with Crippen LogP contribution in [0.25, 0.3) is 0 Å². The van der Waals surface area contributed by atoms with Crippen LogP contribution in [0.2, 0.25) is 0 Å². The monoisotopic (exact) mass is 355 g/mol. The smallest absolute Gasteiger partial charge is 0.239 e. The van der Waals surface area contributed by atoms with Crippen molar-refractivity contribution in [3.05, 3.63) is 30.3 Å². The zero-order chi connectivity index (χ0) is 17.9. The Kier molecular flexibility index (Phi) is 5.25. The first-order chi connectivity index (χ1) is 12.7. The zero-order valence-electron chi connectivity index (χ0n) is 15.5. The number of likely N-dealkylation sites (tertiary alicyclic amines) is 2. The Morgan fingerprint density at radius 2 is 1.54 bits per heavy atom. The predicted molar refractivity (Wildman–Crippen MR) is 102 cm³/mol. The highest BCUT2D eigenvalue weighted by Gasteiger charge is 2.40. The minimum absolute atomic E-state index is 0.0284. The molecule has 3 fully saturated rings. The molecule has 5 heteroatoms. The second kappa shape index (κ2) is 7.78. The van der Waals surface area contributed by atoms with Gasteiger partial charge in [-0.05, 0) is 57.3 Å². The Morgan fingerprint density at radius 3 is 2.23 bits per heavy atom. The number of piperidine rings is 2. The number of rotatable bonds is 3. The summed E-state index contributed by atoms with van der Waals surface area (Å²) in [4.78, 5) is 32.0. The van der Waals surface area contributed by atoms with E-state index in [1.54, 1.807) is 4.90 Å². The fraction of sp³-hybridized carbons (Fsp3) is 0.619. The van der Waals surface area contributed by atoms with Gasteiger partial charge in [-0.15, -0.1) is 0 Å². The van der Waals surface area contributed by atoms with Crippen LogP contribution in [0.5, 0.6) is 0 Å². The predicted octanol–water partition coefficient (Wildman–Crippen LogP) is 2.52. The Labute approximate surface area is 155 Å². The highest BCUT2D eigenvalue weighted by Crippen LogP contribution is 2.28. The van der Waals surface area contributed by atoms with Crippen molar-refractivity contribution >= 4 is 17.5 Å². The fourth-order valence-electron chi connectivity index (χ4n) is 4.73. The van der Waals surface area contributed by atoms with E-state index < -0.39 is 5.92 Å². The van der Waals surface area contributed by atoms with E-state index in [0.717, 1.165) is 31.6 Å². The normalized spacial score (nSPS) is 25.7. The van der Waals surface area contributed by atoms with Crippen molar-refractivity contribution in [1.29, 1.82) is 0 Å². The Hall–Kier alpha value is -1.88. The van der Waals surface area contributed by atoms with E-state index in [9.17, 15) is 9.59 Å². The van der Waals surface area contributed by atoms with E-state index in [2.05, 4.69) is 4.90 Å². The first-order valence-corrected chi connectivity index (χ1v) is 10.1. The van der Waals surface area contributed by atoms with Gasteiger partial charge in [0.05, 0.1) is 0 Å². The maximum Gasteiger partial charge on any atom is 0.239 e. The highest BCUT2D eigenvalue weighted by atomic mass is 16.2. The fourth-order valence-corrected chi connectivity index (χ4v) is 4.73. The molecule has 3 saturated heterocycles. The lowest BCUT2D eigenvalue weighted by Crippen LogP contribution is -2.50. The van der Waals surface area contributed by atoms with Gasteiger partial charge in [0.15, 0.2) is 0 Å². The molecule has 0 aromatic heterocycles. The third-order valence-electron chi connectivity index (χ3n) is 6.25. The third-order valence-corrected chi connectivity index (χ3v) is 6.25. The van der Waals surface area contributed by atoms with E-state index >= 15 is 0 Å². The maximum atomic E-state index is 12.9. The standard InChI is InChI=1S/C21H29N3O2/c25-20(19-11-16-24(21(19)26)18-7-3-1-4-8-18)23-14-9-17(10-15-23)22-12-5-2-6-13-22/h1,3-4,7-8,17,19H,2,5-6,9-16H2. The van der Waals surface area contributed by atoms with Crippen LogP contribution >= 0.6 is 0 Å². The molecule has 1 atom stereocenters. The summed E-state index contributed by atoms with van der Waals surface area (Å²) in [6.45, 7) is 4.67. The largest absolute Gasteiger partial charge is 0.342 e. The molecule has 140 valence electrons. The van der Waals surface area contributed by atoms with Gasteiger partial charge in [0.2, 0.25) is 11.8 Å². The first-order valence-electron chi connectivity index (χ1n) is 10.1. The lowest BCUT2D eigenvalue weighted by atomic mass is 9.98. The summed E-state index contributed by atoms with van der Waals surface area (Å²) in [5, 5.41) is 0. The molecule has 0 spiro atoms. The van der Waals surface area contributed by atoms with Crippen molar-refractivity contribution in [2.45, 2.75) is 44.6 Å². The molecule has 3 aliphatic rings. The highest BCUT2D eigenvalue weighted by molar-refractivity contribution is 6.09. The van der Waals surface area contributed by atoms with Crippen LogP contribution < -0.4 is 4.90 Å². The van der Waals surface area contributed by atoms with E-state index in [0.29, 0.717) is 19.0 Å². The second-order valence-electron chi connectivity index (χ2n) is 7.82. The Morgan fingerprint density at radius 1 is 0.846 bits per heavy atom. The summed E-state index contributed by atoms with van der Waals surface area (Å²) in [6.07, 6.45) is 6.72. The maximum absolute atomic E-state index is 12.9. The summed E-state index contributed by atoms with van der Waals surface area (Å²) in [5.74, 6) is -0.466. The molecular weight excluding hydrogens is 326 g/mol. The molecule has 1 unspecified atom stereocenters. The van der Waals surface area contributed by atoms with Crippen molar-refractivity contribution in [3.8, 4) is 0 Å². The van der Waals surface area contributed by atoms with E-state index in [4.69, 9.17) is 0 Å². The number of hydrogen-bond acceptors (Lipinski definition) is 3. The van der Waals surface area contributed by atoms with Crippen LogP contribution in [-0.4, -0.2) is 60.4 Å². The molecule has 5 nitrogen and oxygen atoms in total. The van der Waals surface area contributed by atoms with Gasteiger partial charge in [-0.2, -0.15) is 0 Å². The van der Waals surface area contributed by atoms with Crippen LogP contribution in [-0.2, 0) is 9.59 Å². The summed E-state index contributed by atoms with van der Waals surface area (Å²) < 4.78 is 0. The summed E-state index contributed by atoms with van der Waals surface area (Å²) >= 11 is 0. The number of para-hydroxylation sites is 1. The van der Waals surface area contributed by atoms with Gasteiger partial charge < -0.3 is 14.7 Å². The quantitative estimate of drug-likeness (QED) is 0.783. The molecule has 0 aliphatic carbocycles. The Balaban J connectivity index is 1.33. The number of carbonyl (C=O) groups excluding carboxylic acids is 2. The van der Waals surface area contributed by atoms with Gasteiger partial charge in [-0.25, -0.2) is 0 Å². The van der Waals surface area contributed by atoms with Gasteiger partial charge in [0, 0.05) is 31.4 Å². The van der Waals surface area contributed by atoms with Gasteiger partial charge in [0.25, 0.3) is 0 Å².